The maximum absolute atomic E-state index is 12.9. The summed E-state index contributed by atoms with van der Waals surface area (Å²) < 4.78 is 32.9. The third-order valence-corrected chi connectivity index (χ3v) is 6.45. The van der Waals surface area contributed by atoms with Crippen molar-refractivity contribution in [2.75, 3.05) is 19.7 Å². The highest BCUT2D eigenvalue weighted by Gasteiger charge is 2.34. The maximum Gasteiger partial charge on any atom is 0.243 e. The lowest BCUT2D eigenvalue weighted by molar-refractivity contribution is 0.232. The van der Waals surface area contributed by atoms with Crippen molar-refractivity contribution in [1.29, 1.82) is 0 Å². The topological polar surface area (TPSA) is 58.6 Å². The van der Waals surface area contributed by atoms with E-state index < -0.39 is 10.0 Å². The Bertz CT molecular complexity index is 636. The molecule has 2 unspecified atom stereocenters. The Labute approximate surface area is 138 Å². The third-order valence-electron chi connectivity index (χ3n) is 4.46. The van der Waals surface area contributed by atoms with Crippen LogP contribution < -0.4 is 10.1 Å². The third kappa shape index (κ3) is 3.11. The van der Waals surface area contributed by atoms with Crippen LogP contribution in [0.15, 0.2) is 23.1 Å². The molecular formula is C15H23ClN2O3S. The van der Waals surface area contributed by atoms with Gasteiger partial charge in [-0.2, -0.15) is 4.31 Å². The second-order valence-corrected chi connectivity index (χ2v) is 7.71. The van der Waals surface area contributed by atoms with Crippen LogP contribution in [0.25, 0.3) is 0 Å². The number of rotatable bonds is 2. The number of nitrogens with one attached hydrogen (secondary N) is 1. The van der Waals surface area contributed by atoms with E-state index in [0.29, 0.717) is 24.6 Å². The number of sulfonamides is 1. The zero-order valence-corrected chi connectivity index (χ0v) is 14.5. The van der Waals surface area contributed by atoms with Gasteiger partial charge >= 0.3 is 0 Å². The molecule has 0 spiro atoms. The second-order valence-electron chi connectivity index (χ2n) is 5.82. The van der Waals surface area contributed by atoms with Crippen LogP contribution in [0.3, 0.4) is 0 Å². The van der Waals surface area contributed by atoms with Crippen LogP contribution in [0, 0.1) is 0 Å². The molecule has 124 valence electrons. The van der Waals surface area contributed by atoms with E-state index in [1.807, 2.05) is 13.8 Å². The zero-order chi connectivity index (χ0) is 15.0. The van der Waals surface area contributed by atoms with E-state index in [2.05, 4.69) is 5.32 Å². The van der Waals surface area contributed by atoms with Crippen molar-refractivity contribution in [3.8, 4) is 5.75 Å². The lowest BCUT2D eigenvalue weighted by atomic mass is 10.1. The molecule has 7 heteroatoms. The summed E-state index contributed by atoms with van der Waals surface area (Å²) in [4.78, 5) is 0.382. The Morgan fingerprint density at radius 1 is 1.32 bits per heavy atom. The second kappa shape index (κ2) is 6.74. The van der Waals surface area contributed by atoms with E-state index in [1.165, 1.54) is 0 Å². The molecule has 1 fully saturated rings. The zero-order valence-electron chi connectivity index (χ0n) is 12.9. The van der Waals surface area contributed by atoms with Gasteiger partial charge in [0.15, 0.2) is 0 Å². The Hall–Kier alpha value is -0.820. The Balaban J connectivity index is 0.00000176. The van der Waals surface area contributed by atoms with Gasteiger partial charge in [0.25, 0.3) is 0 Å². The summed E-state index contributed by atoms with van der Waals surface area (Å²) in [6.07, 6.45) is 1.82. The summed E-state index contributed by atoms with van der Waals surface area (Å²) in [5.41, 5.74) is 0.998. The van der Waals surface area contributed by atoms with Gasteiger partial charge in [-0.25, -0.2) is 8.42 Å². The maximum atomic E-state index is 12.9. The number of hydrogen-bond acceptors (Lipinski definition) is 4. The lowest BCUT2D eigenvalue weighted by Crippen LogP contribution is -2.57. The summed E-state index contributed by atoms with van der Waals surface area (Å²) in [6, 6.07) is 5.35. The van der Waals surface area contributed by atoms with Gasteiger partial charge in [-0.1, -0.05) is 0 Å². The molecule has 0 bridgehead atoms. The first kappa shape index (κ1) is 17.5. The number of hydrogen-bond donors (Lipinski definition) is 1. The molecule has 1 N–H and O–H groups in total. The quantitative estimate of drug-likeness (QED) is 0.887. The molecule has 0 aromatic heterocycles. The van der Waals surface area contributed by atoms with Crippen LogP contribution in [-0.4, -0.2) is 44.5 Å². The Morgan fingerprint density at radius 2 is 2.09 bits per heavy atom. The fourth-order valence-corrected chi connectivity index (χ4v) is 4.75. The van der Waals surface area contributed by atoms with Gasteiger partial charge in [0.2, 0.25) is 10.0 Å². The molecule has 0 aliphatic carbocycles. The van der Waals surface area contributed by atoms with Gasteiger partial charge in [0.1, 0.15) is 5.75 Å². The molecule has 1 aromatic carbocycles. The number of ether oxygens (including phenoxy) is 1. The molecule has 0 saturated carbocycles. The molecule has 0 radical (unpaired) electrons. The molecular weight excluding hydrogens is 324 g/mol. The summed E-state index contributed by atoms with van der Waals surface area (Å²) in [5, 5.41) is 3.31. The SMILES string of the molecule is CC1NCCN(S(=O)(=O)c2ccc3c(c2)CCCO3)C1C.Cl. The number of nitrogens with zero attached hydrogens (tertiary/aromatic N) is 1. The van der Waals surface area contributed by atoms with Crippen molar-refractivity contribution in [1.82, 2.24) is 9.62 Å². The molecule has 2 atom stereocenters. The van der Waals surface area contributed by atoms with Gasteiger partial charge in [0.05, 0.1) is 11.5 Å². The lowest BCUT2D eigenvalue weighted by Gasteiger charge is -2.37. The fraction of sp³-hybridized carbons (Fsp3) is 0.600. The molecule has 5 nitrogen and oxygen atoms in total. The Morgan fingerprint density at radius 3 is 2.86 bits per heavy atom. The van der Waals surface area contributed by atoms with Crippen molar-refractivity contribution in [2.24, 2.45) is 0 Å². The standard InChI is InChI=1S/C15H22N2O3S.ClH/c1-11-12(2)17(8-7-16-11)21(18,19)14-5-6-15-13(10-14)4-3-9-20-15;/h5-6,10-12,16H,3-4,7-9H2,1-2H3;1H. The highest BCUT2D eigenvalue weighted by atomic mass is 35.5. The summed E-state index contributed by atoms with van der Waals surface area (Å²) in [6.45, 7) is 5.90. The number of fused-ring (bicyclic) bond motifs is 1. The predicted molar refractivity (Wildman–Crippen MR) is 88.3 cm³/mol. The normalized spacial score (nSPS) is 25.7. The van der Waals surface area contributed by atoms with Crippen molar-refractivity contribution in [2.45, 2.75) is 43.7 Å². The molecule has 1 aromatic rings. The first-order valence-corrected chi connectivity index (χ1v) is 8.95. The monoisotopic (exact) mass is 346 g/mol. The minimum Gasteiger partial charge on any atom is -0.493 e. The highest BCUT2D eigenvalue weighted by molar-refractivity contribution is 7.89. The van der Waals surface area contributed by atoms with E-state index in [-0.39, 0.29) is 24.5 Å². The van der Waals surface area contributed by atoms with Gasteiger partial charge in [-0.15, -0.1) is 12.4 Å². The molecule has 2 aliphatic heterocycles. The van der Waals surface area contributed by atoms with Gasteiger partial charge in [-0.05, 0) is 50.5 Å². The van der Waals surface area contributed by atoms with Gasteiger partial charge < -0.3 is 10.1 Å². The van der Waals surface area contributed by atoms with Crippen LogP contribution in [0.5, 0.6) is 5.75 Å². The minimum absolute atomic E-state index is 0. The number of aryl methyl sites for hydroxylation is 1. The van der Waals surface area contributed by atoms with Crippen LogP contribution in [0.4, 0.5) is 0 Å². The minimum atomic E-state index is -3.44. The first-order valence-electron chi connectivity index (χ1n) is 7.51. The summed E-state index contributed by atoms with van der Waals surface area (Å²) in [7, 11) is -3.44. The molecule has 0 amide bonds. The summed E-state index contributed by atoms with van der Waals surface area (Å²) >= 11 is 0. The first-order chi connectivity index (χ1) is 10.00. The number of halogens is 1. The van der Waals surface area contributed by atoms with Crippen LogP contribution in [0.2, 0.25) is 0 Å². The van der Waals surface area contributed by atoms with Gasteiger partial charge in [0, 0.05) is 25.2 Å². The summed E-state index contributed by atoms with van der Waals surface area (Å²) in [5.74, 6) is 0.821. The van der Waals surface area contributed by atoms with E-state index in [4.69, 9.17) is 4.74 Å². The highest BCUT2D eigenvalue weighted by Crippen LogP contribution is 2.29. The van der Waals surface area contributed by atoms with Crippen LogP contribution in [0.1, 0.15) is 25.8 Å². The Kier molecular flexibility index (Phi) is 5.37. The van der Waals surface area contributed by atoms with Crippen molar-refractivity contribution in [3.63, 3.8) is 0 Å². The molecule has 22 heavy (non-hydrogen) atoms. The van der Waals surface area contributed by atoms with Crippen LogP contribution in [-0.2, 0) is 16.4 Å². The van der Waals surface area contributed by atoms with Crippen LogP contribution >= 0.6 is 12.4 Å². The van der Waals surface area contributed by atoms with Gasteiger partial charge in [-0.3, -0.25) is 0 Å². The van der Waals surface area contributed by atoms with E-state index in [1.54, 1.807) is 22.5 Å². The average Bonchev–Trinajstić information content (AvgIpc) is 2.49. The van der Waals surface area contributed by atoms with E-state index in [9.17, 15) is 8.42 Å². The van der Waals surface area contributed by atoms with Crippen molar-refractivity contribution < 1.29 is 13.2 Å². The largest absolute Gasteiger partial charge is 0.493 e. The molecule has 2 heterocycles. The number of piperazine rings is 1. The molecule has 1 saturated heterocycles. The average molecular weight is 347 g/mol. The van der Waals surface area contributed by atoms with E-state index >= 15 is 0 Å². The predicted octanol–water partition coefficient (Wildman–Crippen LogP) is 1.80. The number of benzene rings is 1. The fourth-order valence-electron chi connectivity index (χ4n) is 3.00. The van der Waals surface area contributed by atoms with E-state index in [0.717, 1.165) is 24.2 Å². The van der Waals surface area contributed by atoms with Crippen molar-refractivity contribution >= 4 is 22.4 Å². The molecule has 3 rings (SSSR count). The smallest absolute Gasteiger partial charge is 0.243 e. The van der Waals surface area contributed by atoms with Crippen molar-refractivity contribution in [3.05, 3.63) is 23.8 Å². The molecule has 2 aliphatic rings.